The first-order valence-electron chi connectivity index (χ1n) is 6.34. The molecule has 0 spiro atoms. The molecule has 100 valence electrons. The predicted octanol–water partition coefficient (Wildman–Crippen LogP) is 2.27. The Bertz CT molecular complexity index is 587. The van der Waals surface area contributed by atoms with Crippen LogP contribution >= 0.6 is 0 Å². The van der Waals surface area contributed by atoms with Crippen LogP contribution in [0.25, 0.3) is 0 Å². The van der Waals surface area contributed by atoms with Crippen LogP contribution in [0.4, 0.5) is 11.4 Å². The van der Waals surface area contributed by atoms with Crippen LogP contribution in [-0.2, 0) is 6.54 Å². The fourth-order valence-electron chi connectivity index (χ4n) is 2.38. The van der Waals surface area contributed by atoms with E-state index in [0.717, 1.165) is 47.2 Å². The molecule has 1 aliphatic heterocycles. The number of nitrogen functional groups attached to an aromatic ring is 1. The van der Waals surface area contributed by atoms with Gasteiger partial charge in [0.15, 0.2) is 0 Å². The van der Waals surface area contributed by atoms with E-state index in [1.807, 2.05) is 32.0 Å². The summed E-state index contributed by atoms with van der Waals surface area (Å²) in [5, 5.41) is 4.00. The maximum atomic E-state index is 5.79. The average Bonchev–Trinajstić information content (AvgIpc) is 2.70. The fraction of sp³-hybridized carbons (Fsp3) is 0.357. The SMILES string of the molecule is Cc1noc(C)c1CN1CCOc2cc(N)ccc21. The largest absolute Gasteiger partial charge is 0.489 e. The maximum Gasteiger partial charge on any atom is 0.144 e. The lowest BCUT2D eigenvalue weighted by Gasteiger charge is -2.31. The second-order valence-corrected chi connectivity index (χ2v) is 4.80. The minimum atomic E-state index is 0.666. The van der Waals surface area contributed by atoms with Crippen molar-refractivity contribution in [3.05, 3.63) is 35.2 Å². The number of benzene rings is 1. The molecule has 2 N–H and O–H groups in total. The van der Waals surface area contributed by atoms with Crippen molar-refractivity contribution in [1.82, 2.24) is 5.16 Å². The first-order valence-corrected chi connectivity index (χ1v) is 6.34. The van der Waals surface area contributed by atoms with Gasteiger partial charge in [0.05, 0.1) is 17.9 Å². The summed E-state index contributed by atoms with van der Waals surface area (Å²) in [6.45, 7) is 6.21. The van der Waals surface area contributed by atoms with Crippen molar-refractivity contribution in [2.24, 2.45) is 0 Å². The van der Waals surface area contributed by atoms with Gasteiger partial charge in [0.25, 0.3) is 0 Å². The van der Waals surface area contributed by atoms with Gasteiger partial charge in [-0.3, -0.25) is 0 Å². The first kappa shape index (κ1) is 11.9. The highest BCUT2D eigenvalue weighted by atomic mass is 16.5. The zero-order valence-corrected chi connectivity index (χ0v) is 11.1. The number of anilines is 2. The van der Waals surface area contributed by atoms with Crippen molar-refractivity contribution in [2.45, 2.75) is 20.4 Å². The number of nitrogens with zero attached hydrogens (tertiary/aromatic N) is 2. The Kier molecular flexibility index (Phi) is 2.81. The molecule has 0 radical (unpaired) electrons. The smallest absolute Gasteiger partial charge is 0.144 e. The molecular weight excluding hydrogens is 242 g/mol. The first-order chi connectivity index (χ1) is 9.15. The summed E-state index contributed by atoms with van der Waals surface area (Å²) in [4.78, 5) is 2.27. The van der Waals surface area contributed by atoms with Gasteiger partial charge in [-0.25, -0.2) is 0 Å². The van der Waals surface area contributed by atoms with Crippen molar-refractivity contribution in [3.63, 3.8) is 0 Å². The molecule has 0 saturated heterocycles. The highest BCUT2D eigenvalue weighted by Crippen LogP contribution is 2.34. The van der Waals surface area contributed by atoms with E-state index in [9.17, 15) is 0 Å². The molecule has 1 aromatic carbocycles. The number of fused-ring (bicyclic) bond motifs is 1. The van der Waals surface area contributed by atoms with Gasteiger partial charge in [-0.1, -0.05) is 5.16 Å². The highest BCUT2D eigenvalue weighted by molar-refractivity contribution is 5.65. The molecular formula is C14H17N3O2. The van der Waals surface area contributed by atoms with Crippen molar-refractivity contribution in [2.75, 3.05) is 23.8 Å². The Labute approximate surface area is 111 Å². The van der Waals surface area contributed by atoms with Crippen molar-refractivity contribution < 1.29 is 9.26 Å². The van der Waals surface area contributed by atoms with E-state index in [0.29, 0.717) is 6.61 Å². The summed E-state index contributed by atoms with van der Waals surface area (Å²) in [6, 6.07) is 5.77. The van der Waals surface area contributed by atoms with E-state index in [-0.39, 0.29) is 0 Å². The molecule has 0 atom stereocenters. The van der Waals surface area contributed by atoms with Crippen LogP contribution in [0, 0.1) is 13.8 Å². The van der Waals surface area contributed by atoms with Crippen LogP contribution < -0.4 is 15.4 Å². The topological polar surface area (TPSA) is 64.5 Å². The fourth-order valence-corrected chi connectivity index (χ4v) is 2.38. The third-order valence-electron chi connectivity index (χ3n) is 3.47. The zero-order valence-electron chi connectivity index (χ0n) is 11.1. The van der Waals surface area contributed by atoms with Crippen LogP contribution in [0.15, 0.2) is 22.7 Å². The van der Waals surface area contributed by atoms with Crippen molar-refractivity contribution >= 4 is 11.4 Å². The van der Waals surface area contributed by atoms with Crippen LogP contribution in [-0.4, -0.2) is 18.3 Å². The van der Waals surface area contributed by atoms with E-state index in [2.05, 4.69) is 10.1 Å². The molecule has 0 amide bonds. The van der Waals surface area contributed by atoms with E-state index in [4.69, 9.17) is 15.0 Å². The summed E-state index contributed by atoms with van der Waals surface area (Å²) < 4.78 is 10.9. The quantitative estimate of drug-likeness (QED) is 0.838. The molecule has 19 heavy (non-hydrogen) atoms. The van der Waals surface area contributed by atoms with Gasteiger partial charge < -0.3 is 19.9 Å². The van der Waals surface area contributed by atoms with Crippen LogP contribution in [0.1, 0.15) is 17.0 Å². The summed E-state index contributed by atoms with van der Waals surface area (Å²) in [5.41, 5.74) is 9.67. The Morgan fingerprint density at radius 1 is 1.37 bits per heavy atom. The lowest BCUT2D eigenvalue weighted by atomic mass is 10.1. The molecule has 2 heterocycles. The van der Waals surface area contributed by atoms with Crippen LogP contribution in [0.3, 0.4) is 0 Å². The second kappa shape index (κ2) is 4.50. The highest BCUT2D eigenvalue weighted by Gasteiger charge is 2.21. The van der Waals surface area contributed by atoms with Crippen molar-refractivity contribution in [1.29, 1.82) is 0 Å². The van der Waals surface area contributed by atoms with Gasteiger partial charge in [0.2, 0.25) is 0 Å². The van der Waals surface area contributed by atoms with Gasteiger partial charge in [-0.15, -0.1) is 0 Å². The molecule has 1 aromatic heterocycles. The number of hydrogen-bond donors (Lipinski definition) is 1. The van der Waals surface area contributed by atoms with E-state index < -0.39 is 0 Å². The Hall–Kier alpha value is -2.17. The van der Waals surface area contributed by atoms with Crippen molar-refractivity contribution in [3.8, 4) is 5.75 Å². The van der Waals surface area contributed by atoms with E-state index in [1.165, 1.54) is 0 Å². The zero-order chi connectivity index (χ0) is 13.4. The minimum Gasteiger partial charge on any atom is -0.489 e. The van der Waals surface area contributed by atoms with Gasteiger partial charge in [0.1, 0.15) is 18.1 Å². The lowest BCUT2D eigenvalue weighted by molar-refractivity contribution is 0.307. The monoisotopic (exact) mass is 259 g/mol. The molecule has 3 rings (SSSR count). The number of rotatable bonds is 2. The summed E-state index contributed by atoms with van der Waals surface area (Å²) in [7, 11) is 0. The normalized spacial score (nSPS) is 14.1. The number of ether oxygens (including phenoxy) is 1. The van der Waals surface area contributed by atoms with Crippen LogP contribution in [0.2, 0.25) is 0 Å². The lowest BCUT2D eigenvalue weighted by Crippen LogP contribution is -2.32. The standard InChI is InChI=1S/C14H17N3O2/c1-9-12(10(2)19-16-9)8-17-5-6-18-14-7-11(15)3-4-13(14)17/h3-4,7H,5-6,8,15H2,1-2H3. The number of hydrogen-bond acceptors (Lipinski definition) is 5. The predicted molar refractivity (Wildman–Crippen MR) is 73.4 cm³/mol. The molecule has 0 aliphatic carbocycles. The summed E-state index contributed by atoms with van der Waals surface area (Å²) in [5.74, 6) is 1.72. The molecule has 0 fully saturated rings. The average molecular weight is 259 g/mol. The molecule has 5 nitrogen and oxygen atoms in total. The Morgan fingerprint density at radius 2 is 2.21 bits per heavy atom. The van der Waals surface area contributed by atoms with Gasteiger partial charge >= 0.3 is 0 Å². The third kappa shape index (κ3) is 2.12. The van der Waals surface area contributed by atoms with Gasteiger partial charge in [-0.2, -0.15) is 0 Å². The molecule has 0 saturated carbocycles. The minimum absolute atomic E-state index is 0.666. The van der Waals surface area contributed by atoms with Crippen LogP contribution in [0.5, 0.6) is 5.75 Å². The van der Waals surface area contributed by atoms with Gasteiger partial charge in [-0.05, 0) is 26.0 Å². The molecule has 0 unspecified atom stereocenters. The second-order valence-electron chi connectivity index (χ2n) is 4.80. The Morgan fingerprint density at radius 3 is 2.95 bits per heavy atom. The molecule has 5 heteroatoms. The molecule has 0 bridgehead atoms. The van der Waals surface area contributed by atoms with Gasteiger partial charge in [0, 0.05) is 23.9 Å². The summed E-state index contributed by atoms with van der Waals surface area (Å²) in [6.07, 6.45) is 0. The number of aromatic nitrogens is 1. The molecule has 1 aliphatic rings. The Balaban J connectivity index is 1.92. The van der Waals surface area contributed by atoms with E-state index in [1.54, 1.807) is 0 Å². The molecule has 2 aromatic rings. The number of aryl methyl sites for hydroxylation is 2. The number of nitrogens with two attached hydrogens (primary N) is 1. The summed E-state index contributed by atoms with van der Waals surface area (Å²) >= 11 is 0. The maximum absolute atomic E-state index is 5.79. The third-order valence-corrected chi connectivity index (χ3v) is 3.47. The van der Waals surface area contributed by atoms with E-state index >= 15 is 0 Å².